The van der Waals surface area contributed by atoms with Crippen LogP contribution in [0.2, 0.25) is 0 Å². The number of ether oxygens (including phenoxy) is 1. The molecule has 0 saturated carbocycles. The van der Waals surface area contributed by atoms with Crippen molar-refractivity contribution in [3.63, 3.8) is 0 Å². The predicted molar refractivity (Wildman–Crippen MR) is 89.7 cm³/mol. The molecule has 1 aromatic heterocycles. The number of fused-ring (bicyclic) bond motifs is 1. The van der Waals surface area contributed by atoms with Crippen LogP contribution in [0.15, 0.2) is 4.99 Å². The third-order valence-electron chi connectivity index (χ3n) is 4.01. The van der Waals surface area contributed by atoms with E-state index in [1.54, 1.807) is 11.5 Å². The third kappa shape index (κ3) is 2.86. The van der Waals surface area contributed by atoms with Gasteiger partial charge in [0.2, 0.25) is 0 Å². The molecule has 5 atom stereocenters. The van der Waals surface area contributed by atoms with Crippen molar-refractivity contribution in [2.45, 2.75) is 37.6 Å². The van der Waals surface area contributed by atoms with Crippen LogP contribution < -0.4 is 5.73 Å². The number of aliphatic imine (C=N–C) groups is 1. The second-order valence-electron chi connectivity index (χ2n) is 5.97. The molecule has 1 aromatic rings. The van der Waals surface area contributed by atoms with E-state index < -0.39 is 30.7 Å². The molecule has 3 rings (SSSR count). The number of aliphatic hydroxyl groups excluding tert-OH is 2. The molecule has 1 saturated heterocycles. The zero-order chi connectivity index (χ0) is 16.9. The molecule has 0 radical (unpaired) electrons. The standard InChI is InChI=1S/C13H21ClN5O3S/c1-6-17-8-11(15)18(14)5-16-12(8)19(6)13-10(21)9(20)7(22-13)4-23(2)3/h5,7,9-11,13,20-21H,4,15H2,1-3H3/q+1/t7-,9?,10?,11?,13-/m1/s1. The molecule has 3 unspecified atom stereocenters. The van der Waals surface area contributed by atoms with Gasteiger partial charge in [-0.2, -0.15) is 0 Å². The minimum atomic E-state index is -1.05. The topological polar surface area (TPSA) is 109 Å². The van der Waals surface area contributed by atoms with E-state index in [1.165, 1.54) is 10.8 Å². The van der Waals surface area contributed by atoms with Crippen LogP contribution in [0, 0.1) is 6.92 Å². The van der Waals surface area contributed by atoms with E-state index in [4.69, 9.17) is 22.2 Å². The average molecular weight is 363 g/mol. The number of nitrogens with two attached hydrogens (primary N) is 1. The van der Waals surface area contributed by atoms with Crippen LogP contribution in [0.5, 0.6) is 0 Å². The molecule has 3 heterocycles. The highest BCUT2D eigenvalue weighted by molar-refractivity contribution is 7.95. The molecule has 2 aliphatic rings. The lowest BCUT2D eigenvalue weighted by Gasteiger charge is -2.24. The SMILES string of the molecule is Cc1nc2c(n1[C@@H]1O[C@H](C[S+](C)C)C(O)C1O)N=CN(Cl)C2N. The first-order valence-corrected chi connectivity index (χ1v) is 9.74. The lowest BCUT2D eigenvalue weighted by Crippen LogP contribution is -2.35. The summed E-state index contributed by atoms with van der Waals surface area (Å²) in [5.74, 6) is 1.78. The van der Waals surface area contributed by atoms with Gasteiger partial charge in [-0.15, -0.1) is 0 Å². The Balaban J connectivity index is 1.95. The molecule has 0 aliphatic carbocycles. The number of halogens is 1. The quantitative estimate of drug-likeness (QED) is 0.506. The van der Waals surface area contributed by atoms with Crippen LogP contribution in [-0.2, 0) is 15.6 Å². The molecule has 4 N–H and O–H groups in total. The molecule has 10 heteroatoms. The van der Waals surface area contributed by atoms with Crippen LogP contribution in [-0.4, -0.2) is 67.1 Å². The van der Waals surface area contributed by atoms with Gasteiger partial charge in [0, 0.05) is 11.8 Å². The number of hydrogen-bond donors (Lipinski definition) is 3. The highest BCUT2D eigenvalue weighted by Crippen LogP contribution is 2.39. The number of aliphatic hydroxyl groups is 2. The lowest BCUT2D eigenvalue weighted by molar-refractivity contribution is -0.0313. The predicted octanol–water partition coefficient (Wildman–Crippen LogP) is -0.225. The van der Waals surface area contributed by atoms with Gasteiger partial charge in [-0.05, 0) is 17.8 Å². The summed E-state index contributed by atoms with van der Waals surface area (Å²) in [6.07, 6.45) is 1.74. The summed E-state index contributed by atoms with van der Waals surface area (Å²) < 4.78 is 8.83. The first-order chi connectivity index (χ1) is 10.8. The summed E-state index contributed by atoms with van der Waals surface area (Å²) in [6.45, 7) is 1.78. The zero-order valence-electron chi connectivity index (χ0n) is 13.1. The van der Waals surface area contributed by atoms with E-state index in [0.29, 0.717) is 23.1 Å². The number of rotatable bonds is 3. The minimum absolute atomic E-state index is 0.0847. The summed E-state index contributed by atoms with van der Waals surface area (Å²) in [5, 5.41) is 20.7. The Morgan fingerprint density at radius 3 is 2.74 bits per heavy atom. The maximum atomic E-state index is 10.4. The highest BCUT2D eigenvalue weighted by atomic mass is 35.5. The fraction of sp³-hybridized carbons (Fsp3) is 0.692. The molecular formula is C13H21ClN5O3S+. The van der Waals surface area contributed by atoms with Crippen molar-refractivity contribution in [2.24, 2.45) is 10.7 Å². The summed E-state index contributed by atoms with van der Waals surface area (Å²) in [4.78, 5) is 8.65. The number of nitrogens with zero attached hydrogens (tertiary/aromatic N) is 4. The number of aryl methyl sites for hydroxylation is 1. The van der Waals surface area contributed by atoms with Crippen LogP contribution in [0.4, 0.5) is 5.82 Å². The van der Waals surface area contributed by atoms with Crippen molar-refractivity contribution in [2.75, 3.05) is 18.3 Å². The third-order valence-corrected chi connectivity index (χ3v) is 5.31. The van der Waals surface area contributed by atoms with Gasteiger partial charge in [-0.1, -0.05) is 0 Å². The fourth-order valence-electron chi connectivity index (χ4n) is 2.89. The maximum Gasteiger partial charge on any atom is 0.166 e. The van der Waals surface area contributed by atoms with Gasteiger partial charge in [-0.25, -0.2) is 9.98 Å². The van der Waals surface area contributed by atoms with Gasteiger partial charge in [0.05, 0.1) is 12.5 Å². The molecule has 0 amide bonds. The Kier molecular flexibility index (Phi) is 4.60. The van der Waals surface area contributed by atoms with E-state index in [0.717, 1.165) is 0 Å². The van der Waals surface area contributed by atoms with Crippen LogP contribution in [0.25, 0.3) is 0 Å². The largest absolute Gasteiger partial charge is 0.387 e. The highest BCUT2D eigenvalue weighted by Gasteiger charge is 2.47. The monoisotopic (exact) mass is 362 g/mol. The maximum absolute atomic E-state index is 10.4. The van der Waals surface area contributed by atoms with E-state index in [9.17, 15) is 10.2 Å². The molecule has 0 bridgehead atoms. The Morgan fingerprint density at radius 2 is 2.09 bits per heavy atom. The molecule has 0 spiro atoms. The number of imidazole rings is 1. The van der Waals surface area contributed by atoms with Crippen molar-refractivity contribution < 1.29 is 14.9 Å². The first kappa shape index (κ1) is 17.0. The van der Waals surface area contributed by atoms with Gasteiger partial charge in [0.25, 0.3) is 0 Å². The molecule has 1 fully saturated rings. The minimum Gasteiger partial charge on any atom is -0.387 e. The lowest BCUT2D eigenvalue weighted by atomic mass is 10.1. The van der Waals surface area contributed by atoms with Crippen LogP contribution in [0.1, 0.15) is 23.9 Å². The van der Waals surface area contributed by atoms with Crippen molar-refractivity contribution in [3.05, 3.63) is 11.5 Å². The van der Waals surface area contributed by atoms with Gasteiger partial charge in [0.1, 0.15) is 48.1 Å². The van der Waals surface area contributed by atoms with E-state index >= 15 is 0 Å². The van der Waals surface area contributed by atoms with Crippen molar-refractivity contribution in [1.82, 2.24) is 14.0 Å². The first-order valence-electron chi connectivity index (χ1n) is 7.19. The summed E-state index contributed by atoms with van der Waals surface area (Å²) in [6, 6.07) is 0. The summed E-state index contributed by atoms with van der Waals surface area (Å²) >= 11 is 5.94. The molecular weight excluding hydrogens is 342 g/mol. The van der Waals surface area contributed by atoms with Crippen LogP contribution >= 0.6 is 11.8 Å². The molecule has 128 valence electrons. The van der Waals surface area contributed by atoms with Gasteiger partial charge >= 0.3 is 0 Å². The van der Waals surface area contributed by atoms with Gasteiger partial charge in [0.15, 0.2) is 12.0 Å². The van der Waals surface area contributed by atoms with Gasteiger partial charge < -0.3 is 20.7 Å². The Hall–Kier alpha value is -0.840. The molecule has 2 aliphatic heterocycles. The van der Waals surface area contributed by atoms with Crippen molar-refractivity contribution >= 4 is 34.8 Å². The Bertz CT molecular complexity index is 625. The number of hydrogen-bond acceptors (Lipinski definition) is 7. The van der Waals surface area contributed by atoms with Crippen molar-refractivity contribution in [3.8, 4) is 0 Å². The van der Waals surface area contributed by atoms with Gasteiger partial charge in [-0.3, -0.25) is 8.99 Å². The second kappa shape index (κ2) is 6.23. The average Bonchev–Trinajstić information content (AvgIpc) is 2.94. The van der Waals surface area contributed by atoms with Crippen molar-refractivity contribution in [1.29, 1.82) is 0 Å². The zero-order valence-corrected chi connectivity index (χ0v) is 14.7. The molecule has 8 nitrogen and oxygen atoms in total. The smallest absolute Gasteiger partial charge is 0.166 e. The Labute approximate surface area is 142 Å². The molecule has 0 aromatic carbocycles. The van der Waals surface area contributed by atoms with E-state index in [-0.39, 0.29) is 10.9 Å². The second-order valence-corrected chi connectivity index (χ2v) is 8.66. The Morgan fingerprint density at radius 1 is 1.39 bits per heavy atom. The normalized spacial score (nSPS) is 33.6. The summed E-state index contributed by atoms with van der Waals surface area (Å²) in [5.41, 5.74) is 6.51. The van der Waals surface area contributed by atoms with E-state index in [1.807, 2.05) is 0 Å². The summed E-state index contributed by atoms with van der Waals surface area (Å²) in [7, 11) is 0.0847. The number of aromatic nitrogens is 2. The fourth-order valence-corrected chi connectivity index (χ4v) is 3.96. The molecule has 23 heavy (non-hydrogen) atoms. The van der Waals surface area contributed by atoms with Crippen LogP contribution in [0.3, 0.4) is 0 Å². The van der Waals surface area contributed by atoms with E-state index in [2.05, 4.69) is 22.5 Å².